The van der Waals surface area contributed by atoms with Crippen molar-refractivity contribution in [3.63, 3.8) is 0 Å². The molecule has 1 aliphatic rings. The lowest BCUT2D eigenvalue weighted by atomic mass is 9.89. The number of likely N-dealkylation sites (N-methyl/N-ethyl adjacent to an activating group) is 1. The molecular weight excluding hydrogens is 242 g/mol. The van der Waals surface area contributed by atoms with Crippen LogP contribution in [-0.4, -0.2) is 37.0 Å². The van der Waals surface area contributed by atoms with Crippen molar-refractivity contribution >= 4 is 11.9 Å². The van der Waals surface area contributed by atoms with Crippen molar-refractivity contribution in [1.82, 2.24) is 4.90 Å². The number of rotatable bonds is 5. The Morgan fingerprint density at radius 1 is 1.37 bits per heavy atom. The van der Waals surface area contributed by atoms with E-state index < -0.39 is 5.54 Å². The summed E-state index contributed by atoms with van der Waals surface area (Å²) in [6, 6.07) is 9.30. The Balaban J connectivity index is 2.39. The molecule has 1 aromatic carbocycles. The number of benzene rings is 1. The molecule has 0 saturated heterocycles. The van der Waals surface area contributed by atoms with Crippen LogP contribution >= 0.6 is 0 Å². The van der Waals surface area contributed by atoms with Crippen LogP contribution in [0.4, 0.5) is 4.79 Å². The van der Waals surface area contributed by atoms with Gasteiger partial charge in [-0.1, -0.05) is 37.3 Å². The number of hydrogen-bond donors (Lipinski definition) is 1. The summed E-state index contributed by atoms with van der Waals surface area (Å²) < 4.78 is 5.66. The first-order valence-corrected chi connectivity index (χ1v) is 6.38. The molecular formula is C14H19N3O2. The summed E-state index contributed by atoms with van der Waals surface area (Å²) in [5, 5.41) is 0. The number of ether oxygens (including phenoxy) is 1. The number of urea groups is 1. The Morgan fingerprint density at radius 3 is 2.58 bits per heavy atom. The highest BCUT2D eigenvalue weighted by molar-refractivity contribution is 6.06. The fourth-order valence-corrected chi connectivity index (χ4v) is 2.28. The molecule has 2 amide bonds. The highest BCUT2D eigenvalue weighted by atomic mass is 16.5. The predicted octanol–water partition coefficient (Wildman–Crippen LogP) is 1.73. The first-order chi connectivity index (χ1) is 9.13. The molecule has 5 heteroatoms. The van der Waals surface area contributed by atoms with Crippen LogP contribution in [0.25, 0.3) is 0 Å². The molecule has 1 aliphatic heterocycles. The third-order valence-electron chi connectivity index (χ3n) is 3.41. The van der Waals surface area contributed by atoms with Crippen molar-refractivity contribution in [1.29, 1.82) is 0 Å². The lowest BCUT2D eigenvalue weighted by Gasteiger charge is -2.35. The summed E-state index contributed by atoms with van der Waals surface area (Å²) in [6.07, 6.45) is 0.916. The van der Waals surface area contributed by atoms with Gasteiger partial charge in [0, 0.05) is 13.7 Å². The molecule has 0 saturated carbocycles. The second-order valence-electron chi connectivity index (χ2n) is 4.62. The fourth-order valence-electron chi connectivity index (χ4n) is 2.28. The van der Waals surface area contributed by atoms with Crippen LogP contribution in [0.15, 0.2) is 35.3 Å². The number of carbonyl (C=O) groups excluding carboxylic acids is 1. The topological polar surface area (TPSA) is 67.9 Å². The monoisotopic (exact) mass is 261 g/mol. The SMILES string of the molecule is CCCOC[C@]1(c2ccccc2)C(N)=NC(=O)N1C. The lowest BCUT2D eigenvalue weighted by Crippen LogP contribution is -2.53. The van der Waals surface area contributed by atoms with Crippen LogP contribution in [0.3, 0.4) is 0 Å². The summed E-state index contributed by atoms with van der Waals surface area (Å²) in [6.45, 7) is 2.99. The molecule has 102 valence electrons. The van der Waals surface area contributed by atoms with Crippen molar-refractivity contribution in [3.8, 4) is 0 Å². The van der Waals surface area contributed by atoms with Crippen LogP contribution in [0.5, 0.6) is 0 Å². The summed E-state index contributed by atoms with van der Waals surface area (Å²) in [5.74, 6) is 0.294. The number of aliphatic imine (C=N–C) groups is 1. The maximum atomic E-state index is 11.8. The molecule has 0 aliphatic carbocycles. The Hall–Kier alpha value is -1.88. The Kier molecular flexibility index (Phi) is 3.85. The summed E-state index contributed by atoms with van der Waals surface area (Å²) in [5.41, 5.74) is 6.15. The van der Waals surface area contributed by atoms with E-state index in [1.165, 1.54) is 0 Å². The van der Waals surface area contributed by atoms with Crippen LogP contribution < -0.4 is 5.73 Å². The Morgan fingerprint density at radius 2 is 2.05 bits per heavy atom. The third-order valence-corrected chi connectivity index (χ3v) is 3.41. The molecule has 1 aromatic rings. The number of nitrogens with two attached hydrogens (primary N) is 1. The Bertz CT molecular complexity index is 487. The summed E-state index contributed by atoms with van der Waals surface area (Å²) in [7, 11) is 1.70. The van der Waals surface area contributed by atoms with E-state index in [9.17, 15) is 4.79 Å². The molecule has 0 fully saturated rings. The molecule has 1 heterocycles. The largest absolute Gasteiger partial charge is 0.385 e. The molecule has 19 heavy (non-hydrogen) atoms. The number of amidine groups is 1. The molecule has 0 radical (unpaired) electrons. The first kappa shape index (κ1) is 13.5. The zero-order valence-electron chi connectivity index (χ0n) is 11.3. The number of hydrogen-bond acceptors (Lipinski definition) is 3. The van der Waals surface area contributed by atoms with Crippen LogP contribution in [0.1, 0.15) is 18.9 Å². The first-order valence-electron chi connectivity index (χ1n) is 6.38. The van der Waals surface area contributed by atoms with Gasteiger partial charge in [0.25, 0.3) is 0 Å². The van der Waals surface area contributed by atoms with Gasteiger partial charge < -0.3 is 15.4 Å². The van der Waals surface area contributed by atoms with Gasteiger partial charge in [-0.15, -0.1) is 0 Å². The maximum absolute atomic E-state index is 11.8. The van der Waals surface area contributed by atoms with Gasteiger partial charge in [0.15, 0.2) is 5.54 Å². The van der Waals surface area contributed by atoms with E-state index in [2.05, 4.69) is 4.99 Å². The second kappa shape index (κ2) is 5.40. The van der Waals surface area contributed by atoms with Crippen LogP contribution in [-0.2, 0) is 10.3 Å². The number of carbonyl (C=O) groups is 1. The van der Waals surface area contributed by atoms with Gasteiger partial charge in [0.05, 0.1) is 6.61 Å². The average Bonchev–Trinajstić information content (AvgIpc) is 2.64. The van der Waals surface area contributed by atoms with Crippen molar-refractivity contribution in [2.75, 3.05) is 20.3 Å². The minimum absolute atomic E-state index is 0.294. The van der Waals surface area contributed by atoms with Gasteiger partial charge in [0.1, 0.15) is 5.84 Å². The van der Waals surface area contributed by atoms with Gasteiger partial charge in [-0.05, 0) is 12.0 Å². The fraction of sp³-hybridized carbons (Fsp3) is 0.429. The lowest BCUT2D eigenvalue weighted by molar-refractivity contribution is 0.0604. The van der Waals surface area contributed by atoms with Crippen molar-refractivity contribution in [2.45, 2.75) is 18.9 Å². The number of nitrogens with zero attached hydrogens (tertiary/aromatic N) is 2. The van der Waals surface area contributed by atoms with Crippen LogP contribution in [0.2, 0.25) is 0 Å². The molecule has 0 aromatic heterocycles. The van der Waals surface area contributed by atoms with E-state index >= 15 is 0 Å². The molecule has 0 spiro atoms. The molecule has 2 N–H and O–H groups in total. The third kappa shape index (κ3) is 2.21. The van der Waals surface area contributed by atoms with E-state index in [4.69, 9.17) is 10.5 Å². The van der Waals surface area contributed by atoms with E-state index in [0.717, 1.165) is 12.0 Å². The number of amides is 2. The second-order valence-corrected chi connectivity index (χ2v) is 4.62. The molecule has 5 nitrogen and oxygen atoms in total. The molecule has 2 rings (SSSR count). The van der Waals surface area contributed by atoms with Crippen molar-refractivity contribution in [2.24, 2.45) is 10.7 Å². The summed E-state index contributed by atoms with van der Waals surface area (Å²) >= 11 is 0. The van der Waals surface area contributed by atoms with E-state index in [0.29, 0.717) is 19.0 Å². The highest BCUT2D eigenvalue weighted by Crippen LogP contribution is 2.33. The predicted molar refractivity (Wildman–Crippen MR) is 74.0 cm³/mol. The minimum atomic E-state index is -0.784. The molecule has 1 atom stereocenters. The zero-order chi connectivity index (χ0) is 13.9. The average molecular weight is 261 g/mol. The van der Waals surface area contributed by atoms with E-state index in [1.807, 2.05) is 37.3 Å². The van der Waals surface area contributed by atoms with Gasteiger partial charge in [-0.3, -0.25) is 0 Å². The smallest absolute Gasteiger partial charge is 0.346 e. The van der Waals surface area contributed by atoms with E-state index in [1.54, 1.807) is 11.9 Å². The van der Waals surface area contributed by atoms with E-state index in [-0.39, 0.29) is 6.03 Å². The van der Waals surface area contributed by atoms with Gasteiger partial charge in [0.2, 0.25) is 0 Å². The molecule has 0 unspecified atom stereocenters. The van der Waals surface area contributed by atoms with Gasteiger partial charge >= 0.3 is 6.03 Å². The van der Waals surface area contributed by atoms with Crippen molar-refractivity contribution < 1.29 is 9.53 Å². The maximum Gasteiger partial charge on any atom is 0.346 e. The Labute approximate surface area is 113 Å². The normalized spacial score (nSPS) is 22.7. The van der Waals surface area contributed by atoms with Gasteiger partial charge in [-0.2, -0.15) is 4.99 Å². The van der Waals surface area contributed by atoms with Crippen molar-refractivity contribution in [3.05, 3.63) is 35.9 Å². The molecule has 0 bridgehead atoms. The van der Waals surface area contributed by atoms with Crippen LogP contribution in [0, 0.1) is 0 Å². The highest BCUT2D eigenvalue weighted by Gasteiger charge is 2.48. The quantitative estimate of drug-likeness (QED) is 0.821. The summed E-state index contributed by atoms with van der Waals surface area (Å²) in [4.78, 5) is 17.2. The zero-order valence-corrected chi connectivity index (χ0v) is 11.3. The van der Waals surface area contributed by atoms with Gasteiger partial charge in [-0.25, -0.2) is 4.79 Å². The standard InChI is InChI=1S/C14H19N3O2/c1-3-9-19-10-14(11-7-5-4-6-8-11)12(15)16-13(18)17(14)2/h4-8H,3,9-10H2,1-2H3,(H2,15,16,18)/t14-/m0/s1. The minimum Gasteiger partial charge on any atom is -0.385 e.